The van der Waals surface area contributed by atoms with Gasteiger partial charge < -0.3 is 9.32 Å². The van der Waals surface area contributed by atoms with Crippen molar-refractivity contribution in [3.05, 3.63) is 66.3 Å². The minimum atomic E-state index is -0.207. The molecular weight excluding hydrogens is 316 g/mol. The lowest BCUT2D eigenvalue weighted by Crippen LogP contribution is -2.29. The van der Waals surface area contributed by atoms with Gasteiger partial charge in [0.2, 0.25) is 11.8 Å². The number of carbonyl (C=O) groups is 1. The minimum Gasteiger partial charge on any atom is -0.437 e. The number of nitriles is 1. The fourth-order valence-corrected chi connectivity index (χ4v) is 2.37. The molecule has 0 aliphatic heterocycles. The number of pyridine rings is 1. The molecule has 0 atom stereocenters. The van der Waals surface area contributed by atoms with Crippen LogP contribution in [-0.2, 0) is 11.3 Å². The summed E-state index contributed by atoms with van der Waals surface area (Å²) in [6, 6.07) is 13.2. The second-order valence-electron chi connectivity index (χ2n) is 5.38. The highest BCUT2D eigenvalue weighted by atomic mass is 16.3. The standard InChI is InChI=1S/C19H16N4O2/c20-10-4-12-23(14-15-5-3-11-21-13-15)19(24)9-8-18-22-16-6-1-2-7-17(16)25-18/h1-3,5-9,11,13H,4,12,14H2/b9-8+. The molecule has 0 bridgehead atoms. The normalized spacial score (nSPS) is 10.8. The van der Waals surface area contributed by atoms with Gasteiger partial charge in [0.05, 0.1) is 12.5 Å². The van der Waals surface area contributed by atoms with Gasteiger partial charge in [0, 0.05) is 37.6 Å². The summed E-state index contributed by atoms with van der Waals surface area (Å²) < 4.78 is 5.57. The van der Waals surface area contributed by atoms with E-state index in [1.54, 1.807) is 23.4 Å². The second-order valence-corrected chi connectivity index (χ2v) is 5.38. The molecule has 0 N–H and O–H groups in total. The molecule has 6 nitrogen and oxygen atoms in total. The van der Waals surface area contributed by atoms with E-state index in [2.05, 4.69) is 16.0 Å². The number of oxazole rings is 1. The van der Waals surface area contributed by atoms with Crippen molar-refractivity contribution in [3.63, 3.8) is 0 Å². The zero-order valence-corrected chi connectivity index (χ0v) is 13.5. The third-order valence-corrected chi connectivity index (χ3v) is 3.58. The molecule has 0 unspecified atom stereocenters. The lowest BCUT2D eigenvalue weighted by Gasteiger charge is -2.19. The predicted octanol–water partition coefficient (Wildman–Crippen LogP) is 3.18. The van der Waals surface area contributed by atoms with Crippen LogP contribution < -0.4 is 0 Å². The van der Waals surface area contributed by atoms with Crippen LogP contribution in [0.5, 0.6) is 0 Å². The molecule has 124 valence electrons. The lowest BCUT2D eigenvalue weighted by atomic mass is 10.2. The van der Waals surface area contributed by atoms with Crippen molar-refractivity contribution in [2.75, 3.05) is 6.54 Å². The Morgan fingerprint density at radius 1 is 1.28 bits per heavy atom. The summed E-state index contributed by atoms with van der Waals surface area (Å²) in [5.74, 6) is 0.164. The molecule has 0 aliphatic rings. The van der Waals surface area contributed by atoms with E-state index in [4.69, 9.17) is 9.68 Å². The van der Waals surface area contributed by atoms with Crippen LogP contribution in [-0.4, -0.2) is 27.3 Å². The average Bonchev–Trinajstić information content (AvgIpc) is 3.07. The van der Waals surface area contributed by atoms with Crippen molar-refractivity contribution in [2.24, 2.45) is 0 Å². The SMILES string of the molecule is N#CCCN(Cc1cccnc1)C(=O)/C=C/c1nc2ccccc2o1. The number of nitrogens with zero attached hydrogens (tertiary/aromatic N) is 4. The molecule has 3 aromatic rings. The molecule has 0 saturated heterocycles. The third-order valence-electron chi connectivity index (χ3n) is 3.58. The molecule has 1 amide bonds. The first-order valence-corrected chi connectivity index (χ1v) is 7.84. The highest BCUT2D eigenvalue weighted by Crippen LogP contribution is 2.15. The number of benzene rings is 1. The average molecular weight is 332 g/mol. The van der Waals surface area contributed by atoms with Crippen molar-refractivity contribution in [3.8, 4) is 6.07 Å². The Labute approximate surface area is 145 Å². The van der Waals surface area contributed by atoms with E-state index < -0.39 is 0 Å². The third kappa shape index (κ3) is 4.30. The van der Waals surface area contributed by atoms with Gasteiger partial charge in [-0.3, -0.25) is 9.78 Å². The second kappa shape index (κ2) is 7.88. The van der Waals surface area contributed by atoms with E-state index in [1.165, 1.54) is 6.08 Å². The number of aromatic nitrogens is 2. The predicted molar refractivity (Wildman–Crippen MR) is 92.9 cm³/mol. The Balaban J connectivity index is 1.73. The fraction of sp³-hybridized carbons (Fsp3) is 0.158. The van der Waals surface area contributed by atoms with Gasteiger partial charge in [0.25, 0.3) is 0 Å². The summed E-state index contributed by atoms with van der Waals surface area (Å²) in [4.78, 5) is 22.4. The summed E-state index contributed by atoms with van der Waals surface area (Å²) in [7, 11) is 0. The van der Waals surface area contributed by atoms with Gasteiger partial charge in [0.15, 0.2) is 5.58 Å². The van der Waals surface area contributed by atoms with Gasteiger partial charge in [-0.15, -0.1) is 0 Å². The van der Waals surface area contributed by atoms with Crippen molar-refractivity contribution < 1.29 is 9.21 Å². The summed E-state index contributed by atoms with van der Waals surface area (Å²) in [6.45, 7) is 0.744. The molecule has 0 aliphatic carbocycles. The Morgan fingerprint density at radius 3 is 2.92 bits per heavy atom. The van der Waals surface area contributed by atoms with E-state index in [9.17, 15) is 4.79 Å². The van der Waals surface area contributed by atoms with Crippen LogP contribution in [0.15, 0.2) is 59.3 Å². The number of para-hydroxylation sites is 2. The highest BCUT2D eigenvalue weighted by molar-refractivity contribution is 5.91. The van der Waals surface area contributed by atoms with Gasteiger partial charge in [0.1, 0.15) is 5.52 Å². The van der Waals surface area contributed by atoms with Crippen molar-refractivity contribution in [2.45, 2.75) is 13.0 Å². The first-order chi connectivity index (χ1) is 12.3. The monoisotopic (exact) mass is 332 g/mol. The van der Waals surface area contributed by atoms with E-state index in [1.807, 2.05) is 36.4 Å². The van der Waals surface area contributed by atoms with E-state index in [-0.39, 0.29) is 12.3 Å². The zero-order valence-electron chi connectivity index (χ0n) is 13.5. The number of rotatable bonds is 6. The number of hydrogen-bond donors (Lipinski definition) is 0. The summed E-state index contributed by atoms with van der Waals surface area (Å²) in [6.07, 6.45) is 6.61. The van der Waals surface area contributed by atoms with Gasteiger partial charge in [-0.25, -0.2) is 4.98 Å². The van der Waals surface area contributed by atoms with E-state index in [0.717, 1.165) is 11.1 Å². The van der Waals surface area contributed by atoms with Gasteiger partial charge in [-0.05, 0) is 23.8 Å². The van der Waals surface area contributed by atoms with Crippen LogP contribution >= 0.6 is 0 Å². The van der Waals surface area contributed by atoms with Crippen LogP contribution in [0.4, 0.5) is 0 Å². The van der Waals surface area contributed by atoms with Crippen LogP contribution in [0.2, 0.25) is 0 Å². The Morgan fingerprint density at radius 2 is 2.16 bits per heavy atom. The van der Waals surface area contributed by atoms with Crippen LogP contribution in [0.3, 0.4) is 0 Å². The van der Waals surface area contributed by atoms with Crippen molar-refractivity contribution >= 4 is 23.1 Å². The Hall–Kier alpha value is -3.46. The van der Waals surface area contributed by atoms with Gasteiger partial charge in [-0.2, -0.15) is 5.26 Å². The van der Waals surface area contributed by atoms with Crippen LogP contribution in [0.1, 0.15) is 17.9 Å². The molecule has 1 aromatic carbocycles. The Bertz CT molecular complexity index is 892. The van der Waals surface area contributed by atoms with Crippen LogP contribution in [0, 0.1) is 11.3 Å². The minimum absolute atomic E-state index is 0.207. The van der Waals surface area contributed by atoms with Crippen LogP contribution in [0.25, 0.3) is 17.2 Å². The molecule has 0 spiro atoms. The molecular formula is C19H16N4O2. The van der Waals surface area contributed by atoms with Gasteiger partial charge in [-0.1, -0.05) is 18.2 Å². The fourth-order valence-electron chi connectivity index (χ4n) is 2.37. The molecule has 0 saturated carbocycles. The van der Waals surface area contributed by atoms with E-state index in [0.29, 0.717) is 24.6 Å². The summed E-state index contributed by atoms with van der Waals surface area (Å²) in [5.41, 5.74) is 2.32. The molecule has 0 fully saturated rings. The smallest absolute Gasteiger partial charge is 0.247 e. The zero-order chi connectivity index (χ0) is 17.5. The molecule has 3 rings (SSSR count). The quantitative estimate of drug-likeness (QED) is 0.647. The lowest BCUT2D eigenvalue weighted by molar-refractivity contribution is -0.126. The first kappa shape index (κ1) is 16.4. The van der Waals surface area contributed by atoms with Gasteiger partial charge >= 0.3 is 0 Å². The largest absolute Gasteiger partial charge is 0.437 e. The molecule has 25 heavy (non-hydrogen) atoms. The summed E-state index contributed by atoms with van der Waals surface area (Å²) >= 11 is 0. The number of amides is 1. The first-order valence-electron chi connectivity index (χ1n) is 7.84. The van der Waals surface area contributed by atoms with E-state index >= 15 is 0 Å². The molecule has 0 radical (unpaired) electrons. The maximum atomic E-state index is 12.5. The Kier molecular flexibility index (Phi) is 5.17. The maximum absolute atomic E-state index is 12.5. The number of fused-ring (bicyclic) bond motifs is 1. The molecule has 2 heterocycles. The van der Waals surface area contributed by atoms with Crippen molar-refractivity contribution in [1.29, 1.82) is 5.26 Å². The van der Waals surface area contributed by atoms with Crippen molar-refractivity contribution in [1.82, 2.24) is 14.9 Å². The molecule has 6 heteroatoms. The highest BCUT2D eigenvalue weighted by Gasteiger charge is 2.12. The number of carbonyl (C=O) groups excluding carboxylic acids is 1. The summed E-state index contributed by atoms with van der Waals surface area (Å²) in [5, 5.41) is 8.81. The topological polar surface area (TPSA) is 83.0 Å². The molecule has 2 aromatic heterocycles. The number of hydrogen-bond acceptors (Lipinski definition) is 5. The maximum Gasteiger partial charge on any atom is 0.247 e.